The average Bonchev–Trinajstić information content (AvgIpc) is 2.54. The van der Waals surface area contributed by atoms with Gasteiger partial charge in [-0.05, 0) is 48.6 Å². The summed E-state index contributed by atoms with van der Waals surface area (Å²) in [5, 5.41) is 2.98. The van der Waals surface area contributed by atoms with Crippen LogP contribution in [0.2, 0.25) is 0 Å². The van der Waals surface area contributed by atoms with Crippen LogP contribution in [-0.4, -0.2) is 12.5 Å². The van der Waals surface area contributed by atoms with Crippen molar-refractivity contribution in [2.45, 2.75) is 25.3 Å². The topological polar surface area (TPSA) is 38.3 Å². The van der Waals surface area contributed by atoms with Crippen molar-refractivity contribution >= 4 is 21.8 Å². The average molecular weight is 378 g/mol. The third-order valence-corrected chi connectivity index (χ3v) is 4.45. The summed E-state index contributed by atoms with van der Waals surface area (Å²) < 4.78 is 19.6. The van der Waals surface area contributed by atoms with E-state index in [4.69, 9.17) is 4.74 Å². The highest BCUT2D eigenvalue weighted by Crippen LogP contribution is 2.29. The summed E-state index contributed by atoms with van der Waals surface area (Å²) in [7, 11) is 0. The van der Waals surface area contributed by atoms with Crippen LogP contribution >= 0.6 is 15.9 Å². The number of hydrogen-bond acceptors (Lipinski definition) is 2. The van der Waals surface area contributed by atoms with Crippen molar-refractivity contribution in [1.29, 1.82) is 0 Å². The number of rotatable bonds is 4. The minimum Gasteiger partial charge on any atom is -0.481 e. The second-order valence-electron chi connectivity index (χ2n) is 5.57. The number of ether oxygens (including phenoxy) is 1. The summed E-state index contributed by atoms with van der Waals surface area (Å²) in [5.41, 5.74) is 2.45. The first-order chi connectivity index (χ1) is 11.1. The van der Waals surface area contributed by atoms with Crippen molar-refractivity contribution in [3.05, 3.63) is 63.9 Å². The lowest BCUT2D eigenvalue weighted by molar-refractivity contribution is -0.124. The molecule has 1 atom stereocenters. The fraction of sp³-hybridized carbons (Fsp3) is 0.278. The molecule has 120 valence electrons. The largest absolute Gasteiger partial charge is 0.481 e. The van der Waals surface area contributed by atoms with Crippen LogP contribution in [0.5, 0.6) is 5.75 Å². The van der Waals surface area contributed by atoms with Gasteiger partial charge in [-0.3, -0.25) is 4.79 Å². The predicted octanol–water partition coefficient (Wildman–Crippen LogP) is 4.16. The number of halogens is 2. The number of carbonyl (C=O) groups is 1. The van der Waals surface area contributed by atoms with E-state index in [9.17, 15) is 9.18 Å². The van der Waals surface area contributed by atoms with Crippen LogP contribution in [0.4, 0.5) is 4.39 Å². The third kappa shape index (κ3) is 3.91. The third-order valence-electron chi connectivity index (χ3n) is 3.96. The number of aryl methyl sites for hydroxylation is 1. The Balaban J connectivity index is 1.60. The number of carbonyl (C=O) groups excluding carboxylic acids is 1. The summed E-state index contributed by atoms with van der Waals surface area (Å²) in [6, 6.07) is 12.6. The molecule has 0 bridgehead atoms. The summed E-state index contributed by atoms with van der Waals surface area (Å²) in [6.45, 7) is -0.197. The molecule has 0 radical (unpaired) electrons. The maximum Gasteiger partial charge on any atom is 0.258 e. The van der Waals surface area contributed by atoms with Gasteiger partial charge in [0.05, 0.1) is 6.04 Å². The van der Waals surface area contributed by atoms with E-state index in [1.807, 2.05) is 12.1 Å². The second-order valence-corrected chi connectivity index (χ2v) is 6.49. The maximum atomic E-state index is 13.7. The first-order valence-electron chi connectivity index (χ1n) is 7.58. The fourth-order valence-electron chi connectivity index (χ4n) is 2.88. The van der Waals surface area contributed by atoms with Crippen molar-refractivity contribution in [2.75, 3.05) is 6.61 Å². The lowest BCUT2D eigenvalue weighted by atomic mass is 9.88. The van der Waals surface area contributed by atoms with Crippen molar-refractivity contribution in [3.8, 4) is 5.75 Å². The lowest BCUT2D eigenvalue weighted by Crippen LogP contribution is -2.34. The van der Waals surface area contributed by atoms with Gasteiger partial charge in [0.15, 0.2) is 18.2 Å². The van der Waals surface area contributed by atoms with E-state index in [1.54, 1.807) is 6.07 Å². The molecule has 0 aliphatic heterocycles. The Labute approximate surface area is 143 Å². The molecule has 0 fully saturated rings. The molecule has 1 N–H and O–H groups in total. The Morgan fingerprint density at radius 2 is 2.13 bits per heavy atom. The summed E-state index contributed by atoms with van der Waals surface area (Å²) in [4.78, 5) is 12.1. The van der Waals surface area contributed by atoms with Gasteiger partial charge in [-0.25, -0.2) is 4.39 Å². The molecule has 1 amide bonds. The van der Waals surface area contributed by atoms with E-state index in [0.29, 0.717) is 4.47 Å². The molecule has 0 unspecified atom stereocenters. The van der Waals surface area contributed by atoms with Crippen LogP contribution in [-0.2, 0) is 11.2 Å². The van der Waals surface area contributed by atoms with Gasteiger partial charge in [0.25, 0.3) is 5.91 Å². The van der Waals surface area contributed by atoms with Gasteiger partial charge in [0, 0.05) is 4.47 Å². The van der Waals surface area contributed by atoms with Gasteiger partial charge in [0.1, 0.15) is 0 Å². The SMILES string of the molecule is O=C(COc1ccc(Br)cc1F)N[C@H]1CCCc2ccccc21. The van der Waals surface area contributed by atoms with Crippen LogP contribution in [0.3, 0.4) is 0 Å². The number of fused-ring (bicyclic) bond motifs is 1. The highest BCUT2D eigenvalue weighted by atomic mass is 79.9. The highest BCUT2D eigenvalue weighted by Gasteiger charge is 2.21. The Bertz CT molecular complexity index is 720. The Kier molecular flexibility index (Phi) is 4.96. The van der Waals surface area contributed by atoms with E-state index >= 15 is 0 Å². The molecular weight excluding hydrogens is 361 g/mol. The summed E-state index contributed by atoms with van der Waals surface area (Å²) in [5.74, 6) is -0.656. The highest BCUT2D eigenvalue weighted by molar-refractivity contribution is 9.10. The van der Waals surface area contributed by atoms with Gasteiger partial charge < -0.3 is 10.1 Å². The van der Waals surface area contributed by atoms with Crippen LogP contribution in [0.1, 0.15) is 30.0 Å². The van der Waals surface area contributed by atoms with Crippen molar-refractivity contribution < 1.29 is 13.9 Å². The zero-order chi connectivity index (χ0) is 16.2. The number of amides is 1. The van der Waals surface area contributed by atoms with Crippen molar-refractivity contribution in [2.24, 2.45) is 0 Å². The minimum atomic E-state index is -0.491. The molecule has 2 aromatic carbocycles. The standard InChI is InChI=1S/C18H17BrFNO2/c19-13-8-9-17(15(20)10-13)23-11-18(22)21-16-7-3-5-12-4-1-2-6-14(12)16/h1-2,4,6,8-10,16H,3,5,7,11H2,(H,21,22)/t16-/m0/s1. The van der Waals surface area contributed by atoms with E-state index in [0.717, 1.165) is 19.3 Å². The van der Waals surface area contributed by atoms with Crippen molar-refractivity contribution in [3.63, 3.8) is 0 Å². The molecule has 23 heavy (non-hydrogen) atoms. The predicted molar refractivity (Wildman–Crippen MR) is 89.9 cm³/mol. The van der Waals surface area contributed by atoms with Gasteiger partial charge in [0.2, 0.25) is 0 Å². The molecule has 5 heteroatoms. The van der Waals surface area contributed by atoms with Crippen molar-refractivity contribution in [1.82, 2.24) is 5.32 Å². The Morgan fingerprint density at radius 3 is 2.96 bits per heavy atom. The van der Waals surface area contributed by atoms with E-state index in [1.165, 1.54) is 23.3 Å². The number of nitrogens with one attached hydrogen (secondary N) is 1. The van der Waals surface area contributed by atoms with Crippen LogP contribution < -0.4 is 10.1 Å². The monoisotopic (exact) mass is 377 g/mol. The molecule has 3 nitrogen and oxygen atoms in total. The fourth-order valence-corrected chi connectivity index (χ4v) is 3.21. The first-order valence-corrected chi connectivity index (χ1v) is 8.38. The summed E-state index contributed by atoms with van der Waals surface area (Å²) in [6.07, 6.45) is 3.00. The smallest absolute Gasteiger partial charge is 0.258 e. The quantitative estimate of drug-likeness (QED) is 0.868. The molecule has 3 rings (SSSR count). The van der Waals surface area contributed by atoms with Gasteiger partial charge in [-0.1, -0.05) is 40.2 Å². The molecule has 0 saturated carbocycles. The van der Waals surface area contributed by atoms with Crippen LogP contribution in [0.25, 0.3) is 0 Å². The van der Waals surface area contributed by atoms with Gasteiger partial charge in [-0.2, -0.15) is 0 Å². The van der Waals surface area contributed by atoms with E-state index in [2.05, 4.69) is 33.4 Å². The van der Waals surface area contributed by atoms with Crippen LogP contribution in [0.15, 0.2) is 46.9 Å². The minimum absolute atomic E-state index is 0.00538. The number of hydrogen-bond donors (Lipinski definition) is 1. The van der Waals surface area contributed by atoms with Crippen LogP contribution in [0, 0.1) is 5.82 Å². The Morgan fingerprint density at radius 1 is 1.30 bits per heavy atom. The maximum absolute atomic E-state index is 13.7. The molecule has 1 aliphatic rings. The zero-order valence-corrected chi connectivity index (χ0v) is 14.1. The normalized spacial score (nSPS) is 16.5. The van der Waals surface area contributed by atoms with Gasteiger partial charge in [-0.15, -0.1) is 0 Å². The molecule has 0 saturated heterocycles. The Hall–Kier alpha value is -1.88. The molecule has 0 aromatic heterocycles. The molecular formula is C18H17BrFNO2. The first kappa shape index (κ1) is 16.0. The lowest BCUT2D eigenvalue weighted by Gasteiger charge is -2.26. The second kappa shape index (κ2) is 7.13. The van der Waals surface area contributed by atoms with E-state index < -0.39 is 5.82 Å². The number of benzene rings is 2. The molecule has 2 aromatic rings. The zero-order valence-electron chi connectivity index (χ0n) is 12.5. The molecule has 1 aliphatic carbocycles. The molecule has 0 spiro atoms. The summed E-state index contributed by atoms with van der Waals surface area (Å²) >= 11 is 3.18. The van der Waals surface area contributed by atoms with Gasteiger partial charge >= 0.3 is 0 Å². The van der Waals surface area contributed by atoms with E-state index in [-0.39, 0.29) is 24.3 Å². The molecule has 0 heterocycles.